The highest BCUT2D eigenvalue weighted by Gasteiger charge is 2.60. The molecule has 6 nitrogen and oxygen atoms in total. The lowest BCUT2D eigenvalue weighted by Gasteiger charge is -2.54. The van der Waals surface area contributed by atoms with Crippen LogP contribution in [0.1, 0.15) is 46.5 Å². The molecule has 6 heteroatoms. The maximum atomic E-state index is 12.7. The second-order valence-corrected chi connectivity index (χ2v) is 7.75. The van der Waals surface area contributed by atoms with Gasteiger partial charge in [0.25, 0.3) is 0 Å². The van der Waals surface area contributed by atoms with Crippen molar-refractivity contribution >= 4 is 11.8 Å². The fraction of sp³-hybridized carbons (Fsp3) is 0.789. The van der Waals surface area contributed by atoms with E-state index in [0.717, 1.165) is 18.4 Å². The van der Waals surface area contributed by atoms with Gasteiger partial charge in [-0.2, -0.15) is 0 Å². The number of carbonyl (C=O) groups is 2. The summed E-state index contributed by atoms with van der Waals surface area (Å²) in [6.45, 7) is 7.00. The lowest BCUT2D eigenvalue weighted by molar-refractivity contribution is -0.231. The molecule has 4 atom stereocenters. The zero-order valence-electron chi connectivity index (χ0n) is 15.5. The zero-order valence-corrected chi connectivity index (χ0v) is 15.5. The average Bonchev–Trinajstić information content (AvgIpc) is 3.08. The van der Waals surface area contributed by atoms with Gasteiger partial charge in [-0.25, -0.2) is 4.79 Å². The molecule has 25 heavy (non-hydrogen) atoms. The van der Waals surface area contributed by atoms with Crippen LogP contribution < -0.4 is 0 Å². The van der Waals surface area contributed by atoms with E-state index in [2.05, 4.69) is 13.8 Å². The molecule has 1 saturated heterocycles. The summed E-state index contributed by atoms with van der Waals surface area (Å²) in [4.78, 5) is 24.9. The highest BCUT2D eigenvalue weighted by molar-refractivity contribution is 5.99. The van der Waals surface area contributed by atoms with E-state index >= 15 is 0 Å². The van der Waals surface area contributed by atoms with Gasteiger partial charge in [-0.1, -0.05) is 26.3 Å². The monoisotopic (exact) mass is 352 g/mol. The first-order valence-electron chi connectivity index (χ1n) is 9.07. The number of ketones is 1. The first-order chi connectivity index (χ1) is 11.7. The first kappa shape index (κ1) is 18.5. The molecule has 1 spiro atoms. The lowest BCUT2D eigenvalue weighted by atomic mass is 9.54. The molecular weight excluding hydrogens is 324 g/mol. The van der Waals surface area contributed by atoms with E-state index < -0.39 is 23.3 Å². The number of carbonyl (C=O) groups excluding carboxylic acids is 2. The summed E-state index contributed by atoms with van der Waals surface area (Å²) >= 11 is 0. The van der Waals surface area contributed by atoms with Crippen LogP contribution in [0.5, 0.6) is 0 Å². The SMILES string of the molecule is CCC(O)(C(=O)OC)[C@@H]1C[C@@]2(C)C(=CC1=O)CCC1(OCCO1)[C@@H]2C. The van der Waals surface area contributed by atoms with Crippen molar-refractivity contribution in [3.63, 3.8) is 0 Å². The summed E-state index contributed by atoms with van der Waals surface area (Å²) in [7, 11) is 1.23. The number of esters is 1. The third kappa shape index (κ3) is 2.57. The maximum Gasteiger partial charge on any atom is 0.338 e. The standard InChI is InChI=1S/C19H28O6/c1-5-18(22,16(21)23-4)14-11-17(3)12(2)19(24-8-9-25-19)7-6-13(17)10-15(14)20/h10,12,14,22H,5-9,11H2,1-4H3/t12-,14-,17-,18?/m1/s1. The number of rotatable bonds is 3. The van der Waals surface area contributed by atoms with Crippen LogP contribution in [0.25, 0.3) is 0 Å². The Morgan fingerprint density at radius 2 is 2.08 bits per heavy atom. The Hall–Kier alpha value is -1.24. The van der Waals surface area contributed by atoms with Crippen molar-refractivity contribution in [2.24, 2.45) is 17.3 Å². The van der Waals surface area contributed by atoms with E-state index in [4.69, 9.17) is 14.2 Å². The van der Waals surface area contributed by atoms with Crippen LogP contribution in [-0.4, -0.2) is 48.6 Å². The quantitative estimate of drug-likeness (QED) is 0.782. The minimum Gasteiger partial charge on any atom is -0.467 e. The molecule has 0 amide bonds. The summed E-state index contributed by atoms with van der Waals surface area (Å²) in [6, 6.07) is 0. The molecule has 2 fully saturated rings. The van der Waals surface area contributed by atoms with E-state index in [1.165, 1.54) is 7.11 Å². The van der Waals surface area contributed by atoms with E-state index in [9.17, 15) is 14.7 Å². The third-order valence-electron chi connectivity index (χ3n) is 6.81. The largest absolute Gasteiger partial charge is 0.467 e. The fourth-order valence-corrected chi connectivity index (χ4v) is 4.90. The number of hydrogen-bond donors (Lipinski definition) is 1. The van der Waals surface area contributed by atoms with Crippen molar-refractivity contribution in [2.75, 3.05) is 20.3 Å². The summed E-state index contributed by atoms with van der Waals surface area (Å²) < 4.78 is 16.7. The molecule has 0 aromatic heterocycles. The number of fused-ring (bicyclic) bond motifs is 1. The number of ether oxygens (including phenoxy) is 3. The van der Waals surface area contributed by atoms with Crippen molar-refractivity contribution < 1.29 is 28.9 Å². The lowest BCUT2D eigenvalue weighted by Crippen LogP contribution is -2.57. The molecule has 0 bridgehead atoms. The minimum atomic E-state index is -1.81. The minimum absolute atomic E-state index is 0.0110. The van der Waals surface area contributed by atoms with Gasteiger partial charge in [-0.15, -0.1) is 0 Å². The van der Waals surface area contributed by atoms with Gasteiger partial charge in [0.05, 0.1) is 26.2 Å². The number of aliphatic hydroxyl groups is 1. The summed E-state index contributed by atoms with van der Waals surface area (Å²) in [5.74, 6) is -2.39. The molecular formula is C19H28O6. The molecule has 1 saturated carbocycles. The molecule has 1 N–H and O–H groups in total. The molecule has 2 aliphatic carbocycles. The predicted molar refractivity (Wildman–Crippen MR) is 89.6 cm³/mol. The van der Waals surface area contributed by atoms with Gasteiger partial charge >= 0.3 is 5.97 Å². The molecule has 0 aromatic carbocycles. The Morgan fingerprint density at radius 1 is 1.44 bits per heavy atom. The number of allylic oxidation sites excluding steroid dienone is 2. The molecule has 140 valence electrons. The summed E-state index contributed by atoms with van der Waals surface area (Å²) in [5.41, 5.74) is -1.12. The molecule has 1 aliphatic heterocycles. The van der Waals surface area contributed by atoms with Gasteiger partial charge in [0.15, 0.2) is 17.2 Å². The molecule has 0 aromatic rings. The van der Waals surface area contributed by atoms with E-state index in [-0.39, 0.29) is 23.5 Å². The Morgan fingerprint density at radius 3 is 2.64 bits per heavy atom. The van der Waals surface area contributed by atoms with Crippen LogP contribution in [-0.2, 0) is 23.8 Å². The molecule has 1 heterocycles. The van der Waals surface area contributed by atoms with Crippen LogP contribution >= 0.6 is 0 Å². The van der Waals surface area contributed by atoms with Crippen molar-refractivity contribution in [2.45, 2.75) is 57.8 Å². The number of hydrogen-bond acceptors (Lipinski definition) is 6. The second-order valence-electron chi connectivity index (χ2n) is 7.75. The Balaban J connectivity index is 1.99. The average molecular weight is 352 g/mol. The molecule has 0 radical (unpaired) electrons. The van der Waals surface area contributed by atoms with Crippen molar-refractivity contribution in [1.82, 2.24) is 0 Å². The normalized spacial score (nSPS) is 36.5. The van der Waals surface area contributed by atoms with Crippen LogP contribution in [0, 0.1) is 17.3 Å². The van der Waals surface area contributed by atoms with E-state index in [1.54, 1.807) is 13.0 Å². The summed E-state index contributed by atoms with van der Waals surface area (Å²) in [6.07, 6.45) is 3.59. The van der Waals surface area contributed by atoms with Gasteiger partial charge in [-0.3, -0.25) is 4.79 Å². The first-order valence-corrected chi connectivity index (χ1v) is 9.07. The Bertz CT molecular complexity index is 605. The fourth-order valence-electron chi connectivity index (χ4n) is 4.90. The van der Waals surface area contributed by atoms with E-state index in [1.807, 2.05) is 0 Å². The predicted octanol–water partition coefficient (Wildman–Crippen LogP) is 2.00. The van der Waals surface area contributed by atoms with Gasteiger partial charge in [-0.05, 0) is 30.8 Å². The highest BCUT2D eigenvalue weighted by atomic mass is 16.7. The number of methoxy groups -OCH3 is 1. The zero-order chi connectivity index (χ0) is 18.5. The summed E-state index contributed by atoms with van der Waals surface area (Å²) in [5, 5.41) is 10.9. The van der Waals surface area contributed by atoms with Crippen LogP contribution in [0.2, 0.25) is 0 Å². The smallest absolute Gasteiger partial charge is 0.338 e. The van der Waals surface area contributed by atoms with Crippen LogP contribution in [0.3, 0.4) is 0 Å². The maximum absolute atomic E-state index is 12.7. The van der Waals surface area contributed by atoms with Crippen LogP contribution in [0.4, 0.5) is 0 Å². The Labute approximate surface area is 148 Å². The van der Waals surface area contributed by atoms with Crippen molar-refractivity contribution in [3.05, 3.63) is 11.6 Å². The topological polar surface area (TPSA) is 82.1 Å². The molecule has 3 aliphatic rings. The van der Waals surface area contributed by atoms with Gasteiger partial charge in [0.2, 0.25) is 0 Å². The third-order valence-corrected chi connectivity index (χ3v) is 6.81. The van der Waals surface area contributed by atoms with Crippen molar-refractivity contribution in [1.29, 1.82) is 0 Å². The van der Waals surface area contributed by atoms with E-state index in [0.29, 0.717) is 19.6 Å². The van der Waals surface area contributed by atoms with Gasteiger partial charge in [0.1, 0.15) is 0 Å². The van der Waals surface area contributed by atoms with Crippen molar-refractivity contribution in [3.8, 4) is 0 Å². The van der Waals surface area contributed by atoms with Gasteiger partial charge < -0.3 is 19.3 Å². The molecule has 1 unspecified atom stereocenters. The highest BCUT2D eigenvalue weighted by Crippen LogP contribution is 2.58. The van der Waals surface area contributed by atoms with Gasteiger partial charge in [0, 0.05) is 12.3 Å². The Kier molecular flexibility index (Phi) is 4.58. The second kappa shape index (κ2) is 6.18. The molecule has 3 rings (SSSR count). The van der Waals surface area contributed by atoms with Crippen LogP contribution in [0.15, 0.2) is 11.6 Å².